The molecule has 0 aliphatic rings. The molecule has 6 heteroatoms. The Morgan fingerprint density at radius 3 is 2.68 bits per heavy atom. The van der Waals surface area contributed by atoms with E-state index < -0.39 is 0 Å². The first kappa shape index (κ1) is 14.1. The summed E-state index contributed by atoms with van der Waals surface area (Å²) in [6, 6.07) is 11.6. The van der Waals surface area contributed by atoms with Crippen LogP contribution in [0.2, 0.25) is 0 Å². The van der Waals surface area contributed by atoms with Gasteiger partial charge >= 0.3 is 0 Å². The first-order valence-electron chi connectivity index (χ1n) is 6.98. The summed E-state index contributed by atoms with van der Waals surface area (Å²) in [6.45, 7) is 3.88. The fourth-order valence-electron chi connectivity index (χ4n) is 2.40. The van der Waals surface area contributed by atoms with Gasteiger partial charge in [0.05, 0.1) is 11.4 Å². The van der Waals surface area contributed by atoms with Crippen molar-refractivity contribution in [2.75, 3.05) is 5.32 Å². The van der Waals surface area contributed by atoms with Gasteiger partial charge in [0.15, 0.2) is 5.82 Å². The summed E-state index contributed by atoms with van der Waals surface area (Å²) >= 11 is 0. The van der Waals surface area contributed by atoms with E-state index in [1.807, 2.05) is 44.2 Å². The number of aromatic amines is 1. The fourth-order valence-corrected chi connectivity index (χ4v) is 2.40. The van der Waals surface area contributed by atoms with Crippen LogP contribution in [0.15, 0.2) is 36.4 Å². The summed E-state index contributed by atoms with van der Waals surface area (Å²) in [6.07, 6.45) is 0. The van der Waals surface area contributed by atoms with Crippen molar-refractivity contribution in [3.05, 3.63) is 53.3 Å². The van der Waals surface area contributed by atoms with Gasteiger partial charge < -0.3 is 5.32 Å². The summed E-state index contributed by atoms with van der Waals surface area (Å²) in [7, 11) is 1.74. The molecule has 2 N–H and O–H groups in total. The van der Waals surface area contributed by atoms with Crippen molar-refractivity contribution in [1.82, 2.24) is 20.0 Å². The van der Waals surface area contributed by atoms with E-state index in [-0.39, 0.29) is 5.91 Å². The summed E-state index contributed by atoms with van der Waals surface area (Å²) in [5.74, 6) is 0.257. The third-order valence-corrected chi connectivity index (χ3v) is 3.49. The van der Waals surface area contributed by atoms with Crippen LogP contribution in [0.1, 0.15) is 21.7 Å². The van der Waals surface area contributed by atoms with Gasteiger partial charge in [0.1, 0.15) is 5.69 Å². The lowest BCUT2D eigenvalue weighted by molar-refractivity contribution is 0.101. The quantitative estimate of drug-likeness (QED) is 0.780. The number of anilines is 1. The van der Waals surface area contributed by atoms with E-state index in [4.69, 9.17) is 0 Å². The van der Waals surface area contributed by atoms with E-state index in [1.165, 1.54) is 0 Å². The zero-order valence-electron chi connectivity index (χ0n) is 12.7. The van der Waals surface area contributed by atoms with Crippen LogP contribution in [0.25, 0.3) is 11.3 Å². The number of H-pyrrole nitrogens is 1. The molecule has 0 fully saturated rings. The Balaban J connectivity index is 1.82. The van der Waals surface area contributed by atoms with Crippen LogP contribution in [0, 0.1) is 13.8 Å². The number of carbonyl (C=O) groups is 1. The molecule has 0 bridgehead atoms. The fraction of sp³-hybridized carbons (Fsp3) is 0.188. The molecule has 3 rings (SSSR count). The van der Waals surface area contributed by atoms with Gasteiger partial charge in [0.2, 0.25) is 0 Å². The highest BCUT2D eigenvalue weighted by Gasteiger charge is 2.14. The lowest BCUT2D eigenvalue weighted by Gasteiger charge is -2.02. The monoisotopic (exact) mass is 295 g/mol. The summed E-state index contributed by atoms with van der Waals surface area (Å²) in [5, 5.41) is 14.0. The van der Waals surface area contributed by atoms with Crippen LogP contribution in [0.4, 0.5) is 5.82 Å². The number of hydrogen-bond acceptors (Lipinski definition) is 3. The maximum absolute atomic E-state index is 12.2. The number of amides is 1. The molecule has 1 amide bonds. The van der Waals surface area contributed by atoms with Gasteiger partial charge in [-0.1, -0.05) is 24.3 Å². The van der Waals surface area contributed by atoms with Crippen molar-refractivity contribution in [3.8, 4) is 11.3 Å². The standard InChI is InChI=1S/C16H17N5O/c1-10-6-4-5-7-12(10)13-9-15(19-18-13)17-16(22)14-8-11(2)20-21(14)3/h4-9H,1-3H3,(H2,17,18,19,22). The highest BCUT2D eigenvalue weighted by atomic mass is 16.2. The Kier molecular flexibility index (Phi) is 3.50. The van der Waals surface area contributed by atoms with Crippen LogP contribution in [-0.2, 0) is 7.05 Å². The van der Waals surface area contributed by atoms with Crippen LogP contribution in [0.5, 0.6) is 0 Å². The predicted molar refractivity (Wildman–Crippen MR) is 84.7 cm³/mol. The predicted octanol–water partition coefficient (Wildman–Crippen LogP) is 2.68. The Morgan fingerprint density at radius 1 is 1.23 bits per heavy atom. The first-order chi connectivity index (χ1) is 10.5. The van der Waals surface area contributed by atoms with Crippen molar-refractivity contribution in [1.29, 1.82) is 0 Å². The maximum Gasteiger partial charge on any atom is 0.275 e. The normalized spacial score (nSPS) is 10.7. The van der Waals surface area contributed by atoms with Crippen molar-refractivity contribution in [3.63, 3.8) is 0 Å². The number of aryl methyl sites for hydroxylation is 3. The van der Waals surface area contributed by atoms with Crippen molar-refractivity contribution >= 4 is 11.7 Å². The van der Waals surface area contributed by atoms with E-state index in [0.717, 1.165) is 22.5 Å². The van der Waals surface area contributed by atoms with Gasteiger partial charge in [-0.05, 0) is 25.5 Å². The Labute approximate surface area is 128 Å². The highest BCUT2D eigenvalue weighted by molar-refractivity contribution is 6.02. The highest BCUT2D eigenvalue weighted by Crippen LogP contribution is 2.23. The molecule has 0 radical (unpaired) electrons. The van der Waals surface area contributed by atoms with Crippen LogP contribution in [-0.4, -0.2) is 25.9 Å². The second-order valence-corrected chi connectivity index (χ2v) is 5.23. The molecule has 0 saturated carbocycles. The maximum atomic E-state index is 12.2. The summed E-state index contributed by atoms with van der Waals surface area (Å²) in [4.78, 5) is 12.2. The first-order valence-corrected chi connectivity index (χ1v) is 6.98. The van der Waals surface area contributed by atoms with E-state index in [9.17, 15) is 4.79 Å². The van der Waals surface area contributed by atoms with E-state index in [1.54, 1.807) is 17.8 Å². The number of nitrogens with zero attached hydrogens (tertiary/aromatic N) is 3. The molecular weight excluding hydrogens is 278 g/mol. The molecule has 22 heavy (non-hydrogen) atoms. The van der Waals surface area contributed by atoms with Crippen molar-refractivity contribution in [2.24, 2.45) is 7.05 Å². The minimum atomic E-state index is -0.231. The summed E-state index contributed by atoms with van der Waals surface area (Å²) in [5.41, 5.74) is 4.38. The molecule has 1 aromatic carbocycles. The smallest absolute Gasteiger partial charge is 0.275 e. The van der Waals surface area contributed by atoms with Crippen molar-refractivity contribution in [2.45, 2.75) is 13.8 Å². The Morgan fingerprint density at radius 2 is 2.00 bits per heavy atom. The number of rotatable bonds is 3. The molecule has 0 spiro atoms. The molecule has 2 aromatic heterocycles. The topological polar surface area (TPSA) is 75.6 Å². The largest absolute Gasteiger partial charge is 0.304 e. The average Bonchev–Trinajstić information content (AvgIpc) is 3.06. The lowest BCUT2D eigenvalue weighted by Crippen LogP contribution is -2.16. The molecule has 3 aromatic rings. The molecule has 6 nitrogen and oxygen atoms in total. The molecule has 0 atom stereocenters. The summed E-state index contributed by atoms with van der Waals surface area (Å²) < 4.78 is 1.56. The molecule has 0 aliphatic carbocycles. The Bertz CT molecular complexity index is 831. The molecule has 2 heterocycles. The minimum Gasteiger partial charge on any atom is -0.304 e. The molecule has 0 aliphatic heterocycles. The third-order valence-electron chi connectivity index (χ3n) is 3.49. The van der Waals surface area contributed by atoms with Gasteiger partial charge in [0.25, 0.3) is 5.91 Å². The van der Waals surface area contributed by atoms with Gasteiger partial charge in [-0.2, -0.15) is 10.2 Å². The number of benzene rings is 1. The molecule has 0 unspecified atom stereocenters. The van der Waals surface area contributed by atoms with Gasteiger partial charge in [-0.15, -0.1) is 0 Å². The third kappa shape index (κ3) is 2.63. The van der Waals surface area contributed by atoms with E-state index in [0.29, 0.717) is 11.5 Å². The zero-order chi connectivity index (χ0) is 15.7. The van der Waals surface area contributed by atoms with Crippen LogP contribution >= 0.6 is 0 Å². The lowest BCUT2D eigenvalue weighted by atomic mass is 10.1. The van der Waals surface area contributed by atoms with Crippen LogP contribution in [0.3, 0.4) is 0 Å². The Hall–Kier alpha value is -2.89. The number of nitrogens with one attached hydrogen (secondary N) is 2. The number of aromatic nitrogens is 4. The van der Waals surface area contributed by atoms with Crippen molar-refractivity contribution < 1.29 is 4.79 Å². The zero-order valence-corrected chi connectivity index (χ0v) is 12.7. The number of hydrogen-bond donors (Lipinski definition) is 2. The molecule has 112 valence electrons. The molecular formula is C16H17N5O. The SMILES string of the molecule is Cc1cc(C(=O)Nc2cc(-c3ccccc3C)[nH]n2)n(C)n1. The molecule has 0 saturated heterocycles. The number of carbonyl (C=O) groups excluding carboxylic acids is 1. The average molecular weight is 295 g/mol. The van der Waals surface area contributed by atoms with Gasteiger partial charge in [-0.25, -0.2) is 0 Å². The van der Waals surface area contributed by atoms with E-state index in [2.05, 4.69) is 20.6 Å². The van der Waals surface area contributed by atoms with Crippen LogP contribution < -0.4 is 5.32 Å². The van der Waals surface area contributed by atoms with Gasteiger partial charge in [-0.3, -0.25) is 14.6 Å². The van der Waals surface area contributed by atoms with Gasteiger partial charge in [0, 0.05) is 18.7 Å². The van der Waals surface area contributed by atoms with E-state index >= 15 is 0 Å². The minimum absolute atomic E-state index is 0.231. The second kappa shape index (κ2) is 5.48. The second-order valence-electron chi connectivity index (χ2n) is 5.23.